The standard InChI is InChI=1S/C24H30N6O3/c1-5-10-28-11-13-29(14-12-28)23(31)20-16-26-30(17(20)2)24-25-9-8-21(27-24)19-15-18(32-3)6-7-22(19)33-4/h6-9,15-16H,5,10-14H2,1-4H3. The fourth-order valence-electron chi connectivity index (χ4n) is 4.10. The quantitative estimate of drug-likeness (QED) is 0.547. The molecule has 0 bridgehead atoms. The van der Waals surface area contributed by atoms with Crippen molar-refractivity contribution >= 4 is 5.91 Å². The van der Waals surface area contributed by atoms with Crippen molar-refractivity contribution in [1.82, 2.24) is 29.5 Å². The van der Waals surface area contributed by atoms with Gasteiger partial charge in [-0.05, 0) is 44.2 Å². The van der Waals surface area contributed by atoms with E-state index in [0.29, 0.717) is 34.4 Å². The highest BCUT2D eigenvalue weighted by atomic mass is 16.5. The summed E-state index contributed by atoms with van der Waals surface area (Å²) in [6.07, 6.45) is 4.41. The third kappa shape index (κ3) is 4.68. The van der Waals surface area contributed by atoms with Gasteiger partial charge in [0.2, 0.25) is 0 Å². The molecular weight excluding hydrogens is 420 g/mol. The number of carbonyl (C=O) groups excluding carboxylic acids is 1. The van der Waals surface area contributed by atoms with Gasteiger partial charge in [-0.2, -0.15) is 5.10 Å². The van der Waals surface area contributed by atoms with Gasteiger partial charge in [-0.3, -0.25) is 9.69 Å². The van der Waals surface area contributed by atoms with Crippen LogP contribution in [0.5, 0.6) is 11.5 Å². The van der Waals surface area contributed by atoms with Gasteiger partial charge in [-0.25, -0.2) is 14.6 Å². The number of aromatic nitrogens is 4. The molecule has 1 amide bonds. The molecule has 3 heterocycles. The monoisotopic (exact) mass is 450 g/mol. The van der Waals surface area contributed by atoms with Crippen LogP contribution in [0.25, 0.3) is 17.2 Å². The number of methoxy groups -OCH3 is 2. The van der Waals surface area contributed by atoms with Gasteiger partial charge in [0.1, 0.15) is 11.5 Å². The normalized spacial score (nSPS) is 14.4. The Morgan fingerprint density at radius 1 is 1.09 bits per heavy atom. The van der Waals surface area contributed by atoms with Crippen LogP contribution in [0.4, 0.5) is 0 Å². The zero-order valence-corrected chi connectivity index (χ0v) is 19.6. The molecule has 3 aromatic rings. The molecule has 1 saturated heterocycles. The Hall–Kier alpha value is -3.46. The maximum Gasteiger partial charge on any atom is 0.257 e. The van der Waals surface area contributed by atoms with E-state index < -0.39 is 0 Å². The predicted molar refractivity (Wildman–Crippen MR) is 125 cm³/mol. The molecule has 174 valence electrons. The van der Waals surface area contributed by atoms with E-state index in [1.807, 2.05) is 36.1 Å². The summed E-state index contributed by atoms with van der Waals surface area (Å²) < 4.78 is 12.5. The molecule has 1 fully saturated rings. The van der Waals surface area contributed by atoms with E-state index in [1.54, 1.807) is 31.3 Å². The first-order valence-electron chi connectivity index (χ1n) is 11.2. The van der Waals surface area contributed by atoms with E-state index in [2.05, 4.69) is 21.9 Å². The molecular formula is C24H30N6O3. The molecule has 9 heteroatoms. The maximum atomic E-state index is 13.2. The lowest BCUT2D eigenvalue weighted by molar-refractivity contribution is 0.0636. The summed E-state index contributed by atoms with van der Waals surface area (Å²) in [5, 5.41) is 4.44. The van der Waals surface area contributed by atoms with E-state index in [4.69, 9.17) is 14.5 Å². The van der Waals surface area contributed by atoms with Crippen molar-refractivity contribution in [3.8, 4) is 28.7 Å². The number of piperazine rings is 1. The summed E-state index contributed by atoms with van der Waals surface area (Å²) in [5.74, 6) is 1.77. The molecule has 4 rings (SSSR count). The molecule has 0 saturated carbocycles. The largest absolute Gasteiger partial charge is 0.497 e. The van der Waals surface area contributed by atoms with Crippen LogP contribution in [0.15, 0.2) is 36.7 Å². The fraction of sp³-hybridized carbons (Fsp3) is 0.417. The van der Waals surface area contributed by atoms with E-state index in [0.717, 1.165) is 44.7 Å². The lowest BCUT2D eigenvalue weighted by atomic mass is 10.1. The van der Waals surface area contributed by atoms with Gasteiger partial charge in [-0.1, -0.05) is 6.92 Å². The highest BCUT2D eigenvalue weighted by Gasteiger charge is 2.25. The number of amides is 1. The minimum Gasteiger partial charge on any atom is -0.497 e. The Morgan fingerprint density at radius 3 is 2.58 bits per heavy atom. The molecule has 1 aliphatic rings. The summed E-state index contributed by atoms with van der Waals surface area (Å²) in [6.45, 7) is 8.38. The number of rotatable bonds is 7. The van der Waals surface area contributed by atoms with Gasteiger partial charge in [-0.15, -0.1) is 0 Å². The minimum absolute atomic E-state index is 0.000480. The van der Waals surface area contributed by atoms with Gasteiger partial charge in [0.05, 0.1) is 37.4 Å². The van der Waals surface area contributed by atoms with Gasteiger partial charge in [0.15, 0.2) is 0 Å². The number of benzene rings is 1. The van der Waals surface area contributed by atoms with Crippen molar-refractivity contribution in [2.24, 2.45) is 0 Å². The Morgan fingerprint density at radius 2 is 1.88 bits per heavy atom. The molecule has 1 aromatic carbocycles. The summed E-state index contributed by atoms with van der Waals surface area (Å²) in [7, 11) is 3.23. The number of hydrogen-bond acceptors (Lipinski definition) is 7. The van der Waals surface area contributed by atoms with Crippen LogP contribution in [0, 0.1) is 6.92 Å². The topological polar surface area (TPSA) is 85.6 Å². The third-order valence-electron chi connectivity index (χ3n) is 5.95. The Balaban J connectivity index is 1.59. The summed E-state index contributed by atoms with van der Waals surface area (Å²) in [4.78, 5) is 26.5. The minimum atomic E-state index is 0.000480. The Bertz CT molecular complexity index is 1120. The van der Waals surface area contributed by atoms with Crippen LogP contribution in [0.2, 0.25) is 0 Å². The van der Waals surface area contributed by atoms with Crippen molar-refractivity contribution in [2.75, 3.05) is 46.9 Å². The highest BCUT2D eigenvalue weighted by Crippen LogP contribution is 2.32. The second-order valence-electron chi connectivity index (χ2n) is 8.00. The molecule has 33 heavy (non-hydrogen) atoms. The molecule has 1 aliphatic heterocycles. The van der Waals surface area contributed by atoms with Crippen molar-refractivity contribution < 1.29 is 14.3 Å². The zero-order valence-electron chi connectivity index (χ0n) is 19.6. The number of carbonyl (C=O) groups is 1. The van der Waals surface area contributed by atoms with Crippen molar-refractivity contribution in [3.05, 3.63) is 47.9 Å². The van der Waals surface area contributed by atoms with Crippen molar-refractivity contribution in [3.63, 3.8) is 0 Å². The molecule has 0 atom stereocenters. The first-order chi connectivity index (χ1) is 16.0. The number of ether oxygens (including phenoxy) is 2. The van der Waals surface area contributed by atoms with Crippen LogP contribution in [-0.2, 0) is 0 Å². The average Bonchev–Trinajstić information content (AvgIpc) is 3.25. The van der Waals surface area contributed by atoms with E-state index in [1.165, 1.54) is 0 Å². The smallest absolute Gasteiger partial charge is 0.257 e. The van der Waals surface area contributed by atoms with Crippen molar-refractivity contribution in [1.29, 1.82) is 0 Å². The summed E-state index contributed by atoms with van der Waals surface area (Å²) in [5.41, 5.74) is 2.75. The second kappa shape index (κ2) is 9.99. The van der Waals surface area contributed by atoms with Crippen molar-refractivity contribution in [2.45, 2.75) is 20.3 Å². The SMILES string of the molecule is CCCN1CCN(C(=O)c2cnn(-c3nccc(-c4cc(OC)ccc4OC)n3)c2C)CC1. The molecule has 0 unspecified atom stereocenters. The number of hydrogen-bond donors (Lipinski definition) is 0. The van der Waals surface area contributed by atoms with Gasteiger partial charge < -0.3 is 14.4 Å². The van der Waals surface area contributed by atoms with Crippen LogP contribution in [0.1, 0.15) is 29.4 Å². The highest BCUT2D eigenvalue weighted by molar-refractivity contribution is 5.95. The Labute approximate surface area is 194 Å². The molecule has 2 aromatic heterocycles. The van der Waals surface area contributed by atoms with E-state index in [9.17, 15) is 4.79 Å². The van der Waals surface area contributed by atoms with E-state index >= 15 is 0 Å². The predicted octanol–water partition coefficient (Wildman–Crippen LogP) is 2.82. The Kier molecular flexibility index (Phi) is 6.88. The molecule has 0 N–H and O–H groups in total. The first kappa shape index (κ1) is 22.7. The summed E-state index contributed by atoms with van der Waals surface area (Å²) in [6, 6.07) is 7.35. The molecule has 0 spiro atoms. The van der Waals surface area contributed by atoms with Crippen LogP contribution in [-0.4, -0.2) is 82.4 Å². The molecule has 9 nitrogen and oxygen atoms in total. The lowest BCUT2D eigenvalue weighted by Crippen LogP contribution is -2.48. The zero-order chi connectivity index (χ0) is 23.4. The average molecular weight is 451 g/mol. The molecule has 0 aliphatic carbocycles. The first-order valence-corrected chi connectivity index (χ1v) is 11.2. The van der Waals surface area contributed by atoms with Crippen LogP contribution in [0.3, 0.4) is 0 Å². The van der Waals surface area contributed by atoms with E-state index in [-0.39, 0.29) is 5.91 Å². The lowest BCUT2D eigenvalue weighted by Gasteiger charge is -2.34. The number of nitrogens with zero attached hydrogens (tertiary/aromatic N) is 6. The summed E-state index contributed by atoms with van der Waals surface area (Å²) >= 11 is 0. The second-order valence-corrected chi connectivity index (χ2v) is 8.00. The van der Waals surface area contributed by atoms with Gasteiger partial charge in [0, 0.05) is 37.9 Å². The van der Waals surface area contributed by atoms with Gasteiger partial charge in [0.25, 0.3) is 11.9 Å². The van der Waals surface area contributed by atoms with Gasteiger partial charge >= 0.3 is 0 Å². The van der Waals surface area contributed by atoms with Crippen LogP contribution >= 0.6 is 0 Å². The maximum absolute atomic E-state index is 13.2. The fourth-order valence-corrected chi connectivity index (χ4v) is 4.10. The van der Waals surface area contributed by atoms with Crippen LogP contribution < -0.4 is 9.47 Å². The molecule has 0 radical (unpaired) electrons. The third-order valence-corrected chi connectivity index (χ3v) is 5.95.